The lowest BCUT2D eigenvalue weighted by molar-refractivity contribution is -0.150. The second kappa shape index (κ2) is 7.21. The number of aromatic nitrogens is 2. The summed E-state index contributed by atoms with van der Waals surface area (Å²) >= 11 is 1.52. The van der Waals surface area contributed by atoms with Crippen LogP contribution in [0.1, 0.15) is 12.3 Å². The number of aryl methyl sites for hydroxylation is 1. The van der Waals surface area contributed by atoms with Crippen molar-refractivity contribution in [2.75, 3.05) is 19.7 Å². The Morgan fingerprint density at radius 2 is 2.33 bits per heavy atom. The molecule has 0 unspecified atom stereocenters. The number of carbonyl (C=O) groups is 3. The summed E-state index contributed by atoms with van der Waals surface area (Å²) in [5.74, 6) is -0.331. The molecular formula is C14H14N4O5S. The third-order valence-electron chi connectivity index (χ3n) is 3.30. The molecule has 24 heavy (non-hydrogen) atoms. The highest BCUT2D eigenvalue weighted by Crippen LogP contribution is 2.19. The van der Waals surface area contributed by atoms with Crippen molar-refractivity contribution in [3.8, 4) is 11.4 Å². The third kappa shape index (κ3) is 3.77. The highest BCUT2D eigenvalue weighted by Gasteiger charge is 2.26. The van der Waals surface area contributed by atoms with E-state index in [1.807, 2.05) is 16.8 Å². The summed E-state index contributed by atoms with van der Waals surface area (Å²) in [4.78, 5) is 39.9. The minimum Gasteiger partial charge on any atom is -0.456 e. The topological polar surface area (TPSA) is 115 Å². The number of thiophene rings is 1. The van der Waals surface area contributed by atoms with E-state index in [2.05, 4.69) is 15.5 Å². The average molecular weight is 350 g/mol. The van der Waals surface area contributed by atoms with Gasteiger partial charge in [0.05, 0.1) is 6.42 Å². The van der Waals surface area contributed by atoms with Crippen LogP contribution in [0.4, 0.5) is 4.79 Å². The molecule has 1 aliphatic rings. The van der Waals surface area contributed by atoms with Crippen molar-refractivity contribution in [3.63, 3.8) is 0 Å². The van der Waals surface area contributed by atoms with Gasteiger partial charge in [-0.3, -0.25) is 14.5 Å². The van der Waals surface area contributed by atoms with Crippen LogP contribution in [0.5, 0.6) is 0 Å². The van der Waals surface area contributed by atoms with Gasteiger partial charge in [-0.1, -0.05) is 5.16 Å². The molecule has 1 aliphatic heterocycles. The Bertz CT molecular complexity index is 742. The molecule has 3 rings (SSSR count). The Labute approximate surface area is 140 Å². The predicted octanol–water partition coefficient (Wildman–Crippen LogP) is 0.826. The number of urea groups is 1. The first kappa shape index (κ1) is 16.1. The minimum atomic E-state index is -0.571. The van der Waals surface area contributed by atoms with Gasteiger partial charge in [-0.15, -0.1) is 0 Å². The number of hydrogen-bond donors (Lipinski definition) is 1. The molecule has 9 nitrogen and oxygen atoms in total. The summed E-state index contributed by atoms with van der Waals surface area (Å²) in [6.45, 7) is 0.223. The molecular weight excluding hydrogens is 336 g/mol. The average Bonchev–Trinajstić information content (AvgIpc) is 3.30. The van der Waals surface area contributed by atoms with Gasteiger partial charge in [0.1, 0.15) is 0 Å². The largest absolute Gasteiger partial charge is 0.456 e. The number of ether oxygens (including phenoxy) is 1. The normalized spacial score (nSPS) is 13.8. The molecule has 0 spiro atoms. The number of nitrogens with one attached hydrogen (secondary N) is 1. The molecule has 1 fully saturated rings. The van der Waals surface area contributed by atoms with Crippen molar-refractivity contribution >= 4 is 29.2 Å². The van der Waals surface area contributed by atoms with E-state index in [0.29, 0.717) is 18.3 Å². The summed E-state index contributed by atoms with van der Waals surface area (Å²) in [5.41, 5.74) is 0.854. The van der Waals surface area contributed by atoms with Crippen LogP contribution in [0, 0.1) is 0 Å². The fourth-order valence-corrected chi connectivity index (χ4v) is 2.71. The molecule has 3 amide bonds. The molecule has 126 valence electrons. The zero-order valence-corrected chi connectivity index (χ0v) is 13.4. The number of hydrogen-bond acceptors (Lipinski definition) is 8. The molecule has 2 aromatic rings. The maximum absolute atomic E-state index is 11.7. The van der Waals surface area contributed by atoms with Crippen LogP contribution < -0.4 is 5.32 Å². The van der Waals surface area contributed by atoms with E-state index in [0.717, 1.165) is 10.5 Å². The van der Waals surface area contributed by atoms with Crippen molar-refractivity contribution in [2.24, 2.45) is 0 Å². The Balaban J connectivity index is 1.42. The molecule has 10 heteroatoms. The van der Waals surface area contributed by atoms with Crippen molar-refractivity contribution in [1.29, 1.82) is 0 Å². The number of rotatable bonds is 6. The Hall–Kier alpha value is -2.75. The van der Waals surface area contributed by atoms with Crippen molar-refractivity contribution in [1.82, 2.24) is 20.4 Å². The van der Waals surface area contributed by atoms with Gasteiger partial charge >= 0.3 is 12.0 Å². The maximum Gasteiger partial charge on any atom is 0.324 e. The molecule has 0 aliphatic carbocycles. The van der Waals surface area contributed by atoms with E-state index in [-0.39, 0.29) is 19.4 Å². The van der Waals surface area contributed by atoms with Gasteiger partial charge in [0.15, 0.2) is 6.61 Å². The molecule has 0 aromatic carbocycles. The highest BCUT2D eigenvalue weighted by atomic mass is 32.1. The number of carbonyl (C=O) groups excluding carboxylic acids is 3. The lowest BCUT2D eigenvalue weighted by atomic mass is 10.3. The molecule has 2 aromatic heterocycles. The third-order valence-corrected chi connectivity index (χ3v) is 3.99. The van der Waals surface area contributed by atoms with Gasteiger partial charge in [0.2, 0.25) is 11.7 Å². The highest BCUT2D eigenvalue weighted by molar-refractivity contribution is 7.08. The van der Waals surface area contributed by atoms with Crippen molar-refractivity contribution in [3.05, 3.63) is 22.7 Å². The molecule has 1 saturated heterocycles. The quantitative estimate of drug-likeness (QED) is 0.767. The van der Waals surface area contributed by atoms with Crippen LogP contribution in [-0.4, -0.2) is 52.6 Å². The Morgan fingerprint density at radius 3 is 3.04 bits per heavy atom. The summed E-state index contributed by atoms with van der Waals surface area (Å²) in [6, 6.07) is 1.40. The Kier molecular flexibility index (Phi) is 4.85. The number of esters is 1. The second-order valence-corrected chi connectivity index (χ2v) is 5.74. The van der Waals surface area contributed by atoms with Crippen LogP contribution >= 0.6 is 11.3 Å². The first-order valence-corrected chi connectivity index (χ1v) is 8.17. The molecule has 3 heterocycles. The van der Waals surface area contributed by atoms with E-state index < -0.39 is 24.5 Å². The van der Waals surface area contributed by atoms with E-state index in [4.69, 9.17) is 9.26 Å². The van der Waals surface area contributed by atoms with Crippen LogP contribution in [0.2, 0.25) is 0 Å². The van der Waals surface area contributed by atoms with E-state index >= 15 is 0 Å². The molecule has 0 bridgehead atoms. The first-order valence-electron chi connectivity index (χ1n) is 7.22. The fourth-order valence-electron chi connectivity index (χ4n) is 2.08. The van der Waals surface area contributed by atoms with Gasteiger partial charge in [0, 0.05) is 30.5 Å². The standard InChI is InChI=1S/C14H14N4O5S/c19-11(18-5-4-15-14(18)21)7-22-12(20)2-1-10-16-13(17-23-10)9-3-6-24-8-9/h3,6,8H,1-2,4-5,7H2,(H,15,21). The van der Waals surface area contributed by atoms with Gasteiger partial charge in [-0.05, 0) is 11.4 Å². The summed E-state index contributed by atoms with van der Waals surface area (Å²) in [5, 5.41) is 10.1. The summed E-state index contributed by atoms with van der Waals surface area (Å²) in [6.07, 6.45) is 0.221. The second-order valence-electron chi connectivity index (χ2n) is 4.96. The zero-order valence-electron chi connectivity index (χ0n) is 12.6. The van der Waals surface area contributed by atoms with Gasteiger partial charge < -0.3 is 14.6 Å². The van der Waals surface area contributed by atoms with Crippen LogP contribution in [0.15, 0.2) is 21.3 Å². The van der Waals surface area contributed by atoms with Crippen LogP contribution in [-0.2, 0) is 20.7 Å². The minimum absolute atomic E-state index is 0.00471. The Morgan fingerprint density at radius 1 is 1.46 bits per heavy atom. The SMILES string of the molecule is O=C(CCc1nc(-c2ccsc2)no1)OCC(=O)N1CCNC1=O. The smallest absolute Gasteiger partial charge is 0.324 e. The zero-order chi connectivity index (χ0) is 16.9. The van der Waals surface area contributed by atoms with Gasteiger partial charge in [-0.2, -0.15) is 16.3 Å². The molecule has 0 saturated carbocycles. The molecule has 0 radical (unpaired) electrons. The van der Waals surface area contributed by atoms with E-state index in [1.54, 1.807) is 0 Å². The van der Waals surface area contributed by atoms with Crippen LogP contribution in [0.3, 0.4) is 0 Å². The van der Waals surface area contributed by atoms with Crippen molar-refractivity contribution < 1.29 is 23.6 Å². The summed E-state index contributed by atoms with van der Waals surface area (Å²) < 4.78 is 9.93. The number of imide groups is 1. The summed E-state index contributed by atoms with van der Waals surface area (Å²) in [7, 11) is 0. The van der Waals surface area contributed by atoms with E-state index in [9.17, 15) is 14.4 Å². The lowest BCUT2D eigenvalue weighted by Gasteiger charge is -2.11. The van der Waals surface area contributed by atoms with E-state index in [1.165, 1.54) is 11.3 Å². The monoisotopic (exact) mass is 350 g/mol. The molecule has 0 atom stereocenters. The fraction of sp³-hybridized carbons (Fsp3) is 0.357. The predicted molar refractivity (Wildman–Crippen MR) is 82.0 cm³/mol. The molecule has 1 N–H and O–H groups in total. The number of amides is 3. The lowest BCUT2D eigenvalue weighted by Crippen LogP contribution is -2.37. The van der Waals surface area contributed by atoms with Gasteiger partial charge in [0.25, 0.3) is 5.91 Å². The number of nitrogens with zero attached hydrogens (tertiary/aromatic N) is 3. The maximum atomic E-state index is 11.7. The van der Waals surface area contributed by atoms with Gasteiger partial charge in [-0.25, -0.2) is 4.79 Å². The van der Waals surface area contributed by atoms with Crippen LogP contribution in [0.25, 0.3) is 11.4 Å². The van der Waals surface area contributed by atoms with Crippen molar-refractivity contribution in [2.45, 2.75) is 12.8 Å². The first-order chi connectivity index (χ1) is 11.6.